The van der Waals surface area contributed by atoms with E-state index in [1.807, 2.05) is 0 Å². The van der Waals surface area contributed by atoms with Crippen molar-refractivity contribution in [2.45, 2.75) is 0 Å². The van der Waals surface area contributed by atoms with E-state index in [0.717, 1.165) is 0 Å². The van der Waals surface area contributed by atoms with Crippen molar-refractivity contribution in [2.75, 3.05) is 23.9 Å². The Kier molecular flexibility index (Phi) is 4.34. The fourth-order valence-electron chi connectivity index (χ4n) is 4.08. The lowest BCUT2D eigenvalue weighted by Gasteiger charge is -2.08. The van der Waals surface area contributed by atoms with Gasteiger partial charge in [-0.2, -0.15) is 0 Å². The number of carbonyl (C=O) groups is 2. The van der Waals surface area contributed by atoms with Crippen LogP contribution in [-0.4, -0.2) is 41.1 Å². The Bertz CT molecular complexity index is 1270. The van der Waals surface area contributed by atoms with E-state index >= 15 is 0 Å². The fourth-order valence-corrected chi connectivity index (χ4v) is 4.08. The molecule has 3 heterocycles. The molecule has 0 saturated heterocycles. The average Bonchev–Trinajstić information content (AvgIpc) is 3.14. The van der Waals surface area contributed by atoms with Gasteiger partial charge in [0.05, 0.1) is 33.9 Å². The molecule has 2 aliphatic rings. The summed E-state index contributed by atoms with van der Waals surface area (Å²) in [5, 5.41) is 19.7. The predicted molar refractivity (Wildman–Crippen MR) is 123 cm³/mol. The van der Waals surface area contributed by atoms with E-state index in [9.17, 15) is 19.8 Å². The molecule has 2 N–H and O–H groups in total. The molecule has 0 saturated carbocycles. The zero-order valence-corrected chi connectivity index (χ0v) is 17.4. The standard InChI is InChI=1S/C25H19N3O4/c1-27-22-8-6-16(29)12-18(22)20(24(27)31)10-14-4-3-5-15(26-14)11-21-19-13-17(30)7-9-23(19)28(2)25(21)32/h3-13,29-30H,1-2H3/b20-10+,21-11+. The van der Waals surface area contributed by atoms with E-state index in [0.29, 0.717) is 45.0 Å². The molecule has 2 amide bonds. The van der Waals surface area contributed by atoms with Gasteiger partial charge in [0, 0.05) is 25.2 Å². The number of phenolic OH excluding ortho intramolecular Hbond substituents is 2. The smallest absolute Gasteiger partial charge is 0.258 e. The summed E-state index contributed by atoms with van der Waals surface area (Å²) in [6.07, 6.45) is 3.35. The zero-order chi connectivity index (χ0) is 22.6. The maximum absolute atomic E-state index is 12.8. The highest BCUT2D eigenvalue weighted by atomic mass is 16.3. The second-order valence-electron chi connectivity index (χ2n) is 7.73. The first kappa shape index (κ1) is 19.6. The first-order chi connectivity index (χ1) is 15.3. The summed E-state index contributed by atoms with van der Waals surface area (Å²) >= 11 is 0. The molecular formula is C25H19N3O4. The van der Waals surface area contributed by atoms with Crippen molar-refractivity contribution in [1.29, 1.82) is 0 Å². The van der Waals surface area contributed by atoms with Crippen LogP contribution in [0.4, 0.5) is 11.4 Å². The van der Waals surface area contributed by atoms with Crippen LogP contribution in [-0.2, 0) is 9.59 Å². The third kappa shape index (κ3) is 3.02. The van der Waals surface area contributed by atoms with Gasteiger partial charge in [0.1, 0.15) is 11.5 Å². The fraction of sp³-hybridized carbons (Fsp3) is 0.0800. The number of phenols is 2. The number of fused-ring (bicyclic) bond motifs is 2. The quantitative estimate of drug-likeness (QED) is 0.613. The Hall–Kier alpha value is -4.39. The van der Waals surface area contributed by atoms with E-state index in [4.69, 9.17) is 0 Å². The van der Waals surface area contributed by atoms with Crippen LogP contribution < -0.4 is 9.80 Å². The molecule has 2 aromatic carbocycles. The van der Waals surface area contributed by atoms with E-state index in [-0.39, 0.29) is 23.3 Å². The third-order valence-corrected chi connectivity index (χ3v) is 5.71. The van der Waals surface area contributed by atoms with Gasteiger partial charge in [-0.3, -0.25) is 9.59 Å². The summed E-state index contributed by atoms with van der Waals surface area (Å²) in [6.45, 7) is 0. The van der Waals surface area contributed by atoms with Crippen LogP contribution in [0.15, 0.2) is 54.6 Å². The second kappa shape index (κ2) is 7.09. The molecule has 7 nitrogen and oxygen atoms in total. The van der Waals surface area contributed by atoms with Gasteiger partial charge in [0.15, 0.2) is 0 Å². The van der Waals surface area contributed by atoms with Gasteiger partial charge in [-0.15, -0.1) is 0 Å². The van der Waals surface area contributed by atoms with E-state index in [1.165, 1.54) is 9.80 Å². The van der Waals surface area contributed by atoms with Crippen LogP contribution in [0.5, 0.6) is 11.5 Å². The molecule has 0 bridgehead atoms. The van der Waals surface area contributed by atoms with Gasteiger partial charge in [0.2, 0.25) is 0 Å². The first-order valence-corrected chi connectivity index (χ1v) is 9.97. The Morgan fingerprint density at radius 1 is 0.719 bits per heavy atom. The highest BCUT2D eigenvalue weighted by Crippen LogP contribution is 2.40. The highest BCUT2D eigenvalue weighted by molar-refractivity contribution is 6.36. The molecule has 0 aliphatic carbocycles. The van der Waals surface area contributed by atoms with E-state index < -0.39 is 0 Å². The summed E-state index contributed by atoms with van der Waals surface area (Å²) in [6, 6.07) is 14.9. The van der Waals surface area contributed by atoms with Crippen LogP contribution >= 0.6 is 0 Å². The number of aromatic nitrogens is 1. The molecule has 2 aliphatic heterocycles. The molecule has 7 heteroatoms. The molecule has 0 atom stereocenters. The van der Waals surface area contributed by atoms with Crippen molar-refractivity contribution in [3.05, 3.63) is 77.1 Å². The number of carbonyl (C=O) groups excluding carboxylic acids is 2. The number of amides is 2. The van der Waals surface area contributed by atoms with Crippen LogP contribution in [0.3, 0.4) is 0 Å². The number of nitrogens with zero attached hydrogens (tertiary/aromatic N) is 3. The molecule has 158 valence electrons. The number of pyridine rings is 1. The van der Waals surface area contributed by atoms with Crippen LogP contribution in [0.1, 0.15) is 22.5 Å². The number of anilines is 2. The minimum absolute atomic E-state index is 0.0787. The monoisotopic (exact) mass is 425 g/mol. The van der Waals surface area contributed by atoms with E-state index in [1.54, 1.807) is 80.8 Å². The second-order valence-corrected chi connectivity index (χ2v) is 7.73. The summed E-state index contributed by atoms with van der Waals surface area (Å²) in [7, 11) is 3.37. The molecule has 3 aromatic rings. The molecule has 5 rings (SSSR count). The lowest BCUT2D eigenvalue weighted by molar-refractivity contribution is -0.113. The Balaban J connectivity index is 1.57. The number of rotatable bonds is 2. The topological polar surface area (TPSA) is 94.0 Å². The van der Waals surface area contributed by atoms with Crippen LogP contribution in [0.2, 0.25) is 0 Å². The zero-order valence-electron chi connectivity index (χ0n) is 17.4. The SMILES string of the molecule is CN1C(=O)/C(=C/c2cccc(/C=C3/C(=O)N(C)c4ccc(O)cc43)n2)c2cc(O)ccc21. The first-order valence-electron chi connectivity index (χ1n) is 9.97. The molecule has 1 aromatic heterocycles. The summed E-state index contributed by atoms with van der Waals surface area (Å²) in [4.78, 5) is 33.2. The number of hydrogen-bond acceptors (Lipinski definition) is 5. The van der Waals surface area contributed by atoms with Crippen molar-refractivity contribution in [1.82, 2.24) is 4.98 Å². The van der Waals surface area contributed by atoms with Crippen LogP contribution in [0, 0.1) is 0 Å². The predicted octanol–water partition coefficient (Wildman–Crippen LogP) is 3.53. The van der Waals surface area contributed by atoms with Crippen LogP contribution in [0.25, 0.3) is 23.3 Å². The molecule has 0 fully saturated rings. The van der Waals surface area contributed by atoms with Crippen molar-refractivity contribution in [3.63, 3.8) is 0 Å². The van der Waals surface area contributed by atoms with Gasteiger partial charge in [-0.05, 0) is 60.7 Å². The van der Waals surface area contributed by atoms with Crippen molar-refractivity contribution in [3.8, 4) is 11.5 Å². The molecule has 0 spiro atoms. The van der Waals surface area contributed by atoms with Crippen molar-refractivity contribution >= 4 is 46.5 Å². The van der Waals surface area contributed by atoms with Gasteiger partial charge in [0.25, 0.3) is 11.8 Å². The third-order valence-electron chi connectivity index (χ3n) is 5.71. The normalized spacial score (nSPS) is 17.4. The summed E-state index contributed by atoms with van der Waals surface area (Å²) < 4.78 is 0. The van der Waals surface area contributed by atoms with Crippen molar-refractivity contribution < 1.29 is 19.8 Å². The Labute approximate surface area is 184 Å². The van der Waals surface area contributed by atoms with Gasteiger partial charge in [-0.25, -0.2) is 4.98 Å². The number of likely N-dealkylation sites (N-methyl/N-ethyl adjacent to an activating group) is 2. The minimum atomic E-state index is -0.187. The lowest BCUT2D eigenvalue weighted by atomic mass is 10.0. The molecule has 0 radical (unpaired) electrons. The lowest BCUT2D eigenvalue weighted by Crippen LogP contribution is -2.20. The van der Waals surface area contributed by atoms with Gasteiger partial charge < -0.3 is 20.0 Å². The Morgan fingerprint density at radius 3 is 1.59 bits per heavy atom. The maximum Gasteiger partial charge on any atom is 0.258 e. The minimum Gasteiger partial charge on any atom is -0.508 e. The van der Waals surface area contributed by atoms with Gasteiger partial charge in [-0.1, -0.05) is 6.07 Å². The highest BCUT2D eigenvalue weighted by Gasteiger charge is 2.31. The van der Waals surface area contributed by atoms with Crippen molar-refractivity contribution in [2.24, 2.45) is 0 Å². The number of aromatic hydroxyl groups is 2. The Morgan fingerprint density at radius 2 is 1.16 bits per heavy atom. The summed E-state index contributed by atoms with van der Waals surface area (Å²) in [5.74, 6) is -0.216. The average molecular weight is 425 g/mol. The molecular weight excluding hydrogens is 406 g/mol. The summed E-state index contributed by atoms with van der Waals surface area (Å²) in [5.41, 5.74) is 4.66. The number of benzene rings is 2. The largest absolute Gasteiger partial charge is 0.508 e. The van der Waals surface area contributed by atoms with Gasteiger partial charge >= 0.3 is 0 Å². The maximum atomic E-state index is 12.8. The van der Waals surface area contributed by atoms with E-state index in [2.05, 4.69) is 4.98 Å². The molecule has 32 heavy (non-hydrogen) atoms. The molecule has 0 unspecified atom stereocenters. The number of hydrogen-bond donors (Lipinski definition) is 2.